The van der Waals surface area contributed by atoms with Gasteiger partial charge in [0, 0.05) is 18.3 Å². The van der Waals surface area contributed by atoms with Gasteiger partial charge in [-0.3, -0.25) is 9.59 Å². The Bertz CT molecular complexity index is 740. The SMILES string of the molecule is C[C@]12CC[C@@H]3c4ccc(O)cc4CC[C@H]3[C@@H]1[C@H](CCCC(=O)O)CC2=O. The number of carbonyl (C=O) groups excluding carboxylic acids is 1. The van der Waals surface area contributed by atoms with Crippen LogP contribution in [0.5, 0.6) is 5.75 Å². The molecular formula is C22H28O4. The van der Waals surface area contributed by atoms with Gasteiger partial charge in [-0.2, -0.15) is 0 Å². The lowest BCUT2D eigenvalue weighted by Gasteiger charge is -2.50. The van der Waals surface area contributed by atoms with Crippen molar-refractivity contribution in [2.75, 3.05) is 0 Å². The number of carboxylic acid groups (broad SMARTS) is 1. The summed E-state index contributed by atoms with van der Waals surface area (Å²) < 4.78 is 0. The van der Waals surface area contributed by atoms with Crippen molar-refractivity contribution in [2.45, 2.75) is 64.2 Å². The van der Waals surface area contributed by atoms with Gasteiger partial charge in [0.25, 0.3) is 0 Å². The Morgan fingerprint density at radius 3 is 2.88 bits per heavy atom. The van der Waals surface area contributed by atoms with Crippen LogP contribution in [0.3, 0.4) is 0 Å². The van der Waals surface area contributed by atoms with Crippen molar-refractivity contribution >= 4 is 11.8 Å². The minimum atomic E-state index is -0.745. The van der Waals surface area contributed by atoms with Crippen LogP contribution in [-0.2, 0) is 16.0 Å². The van der Waals surface area contributed by atoms with Gasteiger partial charge < -0.3 is 10.2 Å². The van der Waals surface area contributed by atoms with Gasteiger partial charge in [-0.25, -0.2) is 0 Å². The Hall–Kier alpha value is -1.84. The minimum Gasteiger partial charge on any atom is -0.508 e. The molecular weight excluding hydrogens is 328 g/mol. The molecule has 0 bridgehead atoms. The van der Waals surface area contributed by atoms with Crippen LogP contribution in [0.25, 0.3) is 0 Å². The van der Waals surface area contributed by atoms with Crippen LogP contribution in [-0.4, -0.2) is 22.0 Å². The number of benzene rings is 1. The molecule has 0 aromatic heterocycles. The highest BCUT2D eigenvalue weighted by Crippen LogP contribution is 2.62. The maximum Gasteiger partial charge on any atom is 0.303 e. The van der Waals surface area contributed by atoms with Crippen LogP contribution in [0.4, 0.5) is 0 Å². The van der Waals surface area contributed by atoms with Gasteiger partial charge in [-0.05, 0) is 85.5 Å². The number of carboxylic acids is 1. The summed E-state index contributed by atoms with van der Waals surface area (Å²) in [7, 11) is 0. The van der Waals surface area contributed by atoms with E-state index in [1.165, 1.54) is 11.1 Å². The number of phenolic OH excluding ortho intramolecular Hbond substituents is 1. The summed E-state index contributed by atoms with van der Waals surface area (Å²) in [4.78, 5) is 23.7. The second kappa shape index (κ2) is 6.40. The van der Waals surface area contributed by atoms with Crippen LogP contribution in [0.2, 0.25) is 0 Å². The van der Waals surface area contributed by atoms with E-state index in [0.29, 0.717) is 48.0 Å². The predicted molar refractivity (Wildman–Crippen MR) is 98.1 cm³/mol. The van der Waals surface area contributed by atoms with Gasteiger partial charge >= 0.3 is 5.97 Å². The summed E-state index contributed by atoms with van der Waals surface area (Å²) in [5.41, 5.74) is 2.41. The standard InChI is InChI=1S/C22H28O4/c1-22-10-9-17-16-8-6-15(23)11-13(16)5-7-18(17)21(22)14(12-19(22)24)3-2-4-20(25)26/h6,8,11,14,17-18,21,23H,2-5,7,9-10,12H2,1H3,(H,25,26)/t14-,17-,18-,21+,22-/m1/s1. The number of carbonyl (C=O) groups is 2. The molecule has 3 aliphatic rings. The second-order valence-electron chi connectivity index (χ2n) is 8.85. The van der Waals surface area contributed by atoms with Crippen LogP contribution >= 0.6 is 0 Å². The molecule has 26 heavy (non-hydrogen) atoms. The molecule has 4 rings (SSSR count). The Morgan fingerprint density at radius 2 is 2.12 bits per heavy atom. The van der Waals surface area contributed by atoms with Gasteiger partial charge in [0.2, 0.25) is 0 Å². The van der Waals surface area contributed by atoms with Crippen molar-refractivity contribution in [3.63, 3.8) is 0 Å². The van der Waals surface area contributed by atoms with Crippen LogP contribution in [0, 0.1) is 23.2 Å². The van der Waals surface area contributed by atoms with Crippen molar-refractivity contribution < 1.29 is 19.8 Å². The first kappa shape index (κ1) is 17.6. The molecule has 1 aromatic carbocycles. The summed E-state index contributed by atoms with van der Waals surface area (Å²) in [5, 5.41) is 18.8. The maximum absolute atomic E-state index is 12.9. The monoisotopic (exact) mass is 356 g/mol. The smallest absolute Gasteiger partial charge is 0.303 e. The van der Waals surface area contributed by atoms with Crippen molar-refractivity contribution in [1.82, 2.24) is 0 Å². The number of ketones is 1. The van der Waals surface area contributed by atoms with E-state index in [1.807, 2.05) is 6.07 Å². The third-order valence-electron chi connectivity index (χ3n) is 7.52. The molecule has 5 atom stereocenters. The lowest BCUT2D eigenvalue weighted by molar-refractivity contribution is -0.137. The van der Waals surface area contributed by atoms with Gasteiger partial charge in [-0.1, -0.05) is 13.0 Å². The molecule has 0 radical (unpaired) electrons. The van der Waals surface area contributed by atoms with E-state index in [0.717, 1.165) is 32.1 Å². The first-order valence-corrected chi connectivity index (χ1v) is 9.97. The minimum absolute atomic E-state index is 0.199. The van der Waals surface area contributed by atoms with E-state index in [1.54, 1.807) is 6.07 Å². The highest BCUT2D eigenvalue weighted by molar-refractivity contribution is 5.87. The molecule has 2 saturated carbocycles. The maximum atomic E-state index is 12.9. The molecule has 0 heterocycles. The third-order valence-corrected chi connectivity index (χ3v) is 7.52. The first-order chi connectivity index (χ1) is 12.4. The molecule has 0 unspecified atom stereocenters. The molecule has 3 aliphatic carbocycles. The van der Waals surface area contributed by atoms with E-state index < -0.39 is 5.97 Å². The lowest BCUT2D eigenvalue weighted by Crippen LogP contribution is -2.44. The summed E-state index contributed by atoms with van der Waals surface area (Å²) in [6.45, 7) is 2.17. The number of rotatable bonds is 4. The van der Waals surface area contributed by atoms with Crippen molar-refractivity contribution in [2.24, 2.45) is 23.2 Å². The molecule has 0 aliphatic heterocycles. The summed E-state index contributed by atoms with van der Waals surface area (Å²) in [5.74, 6) is 1.69. The number of fused-ring (bicyclic) bond motifs is 5. The van der Waals surface area contributed by atoms with Crippen LogP contribution in [0.15, 0.2) is 18.2 Å². The number of hydrogen-bond acceptors (Lipinski definition) is 3. The Morgan fingerprint density at radius 1 is 1.31 bits per heavy atom. The largest absolute Gasteiger partial charge is 0.508 e. The molecule has 4 heteroatoms. The number of aliphatic carboxylic acids is 1. The fourth-order valence-electron chi connectivity index (χ4n) is 6.41. The number of aryl methyl sites for hydroxylation is 1. The number of phenols is 1. The average Bonchev–Trinajstić information content (AvgIpc) is 2.85. The number of aromatic hydroxyl groups is 1. The lowest BCUT2D eigenvalue weighted by atomic mass is 9.54. The highest BCUT2D eigenvalue weighted by atomic mass is 16.4. The molecule has 2 fully saturated rings. The summed E-state index contributed by atoms with van der Waals surface area (Å²) in [6, 6.07) is 5.78. The molecule has 1 aromatic rings. The second-order valence-corrected chi connectivity index (χ2v) is 8.85. The molecule has 140 valence electrons. The predicted octanol–water partition coefficient (Wildman–Crippen LogP) is 4.30. The van der Waals surface area contributed by atoms with Crippen LogP contribution < -0.4 is 0 Å². The molecule has 0 amide bonds. The zero-order chi connectivity index (χ0) is 18.5. The number of hydrogen-bond donors (Lipinski definition) is 2. The first-order valence-electron chi connectivity index (χ1n) is 9.97. The normalized spacial score (nSPS) is 35.5. The topological polar surface area (TPSA) is 74.6 Å². The Kier molecular flexibility index (Phi) is 4.32. The fraction of sp³-hybridized carbons (Fsp3) is 0.636. The van der Waals surface area contributed by atoms with E-state index in [9.17, 15) is 14.7 Å². The van der Waals surface area contributed by atoms with Gasteiger partial charge in [0.1, 0.15) is 11.5 Å². The molecule has 2 N–H and O–H groups in total. The van der Waals surface area contributed by atoms with Gasteiger partial charge in [0.05, 0.1) is 0 Å². The quantitative estimate of drug-likeness (QED) is 0.843. The van der Waals surface area contributed by atoms with E-state index >= 15 is 0 Å². The van der Waals surface area contributed by atoms with Gasteiger partial charge in [-0.15, -0.1) is 0 Å². The van der Waals surface area contributed by atoms with E-state index in [-0.39, 0.29) is 11.8 Å². The van der Waals surface area contributed by atoms with Crippen LogP contribution in [0.1, 0.15) is 68.9 Å². The van der Waals surface area contributed by atoms with E-state index in [4.69, 9.17) is 5.11 Å². The third kappa shape index (κ3) is 2.74. The zero-order valence-electron chi connectivity index (χ0n) is 15.4. The van der Waals surface area contributed by atoms with Crippen molar-refractivity contribution in [1.29, 1.82) is 0 Å². The molecule has 0 spiro atoms. The summed E-state index contributed by atoms with van der Waals surface area (Å²) in [6.07, 6.45) is 6.37. The Labute approximate surface area is 154 Å². The van der Waals surface area contributed by atoms with Crippen molar-refractivity contribution in [3.8, 4) is 5.75 Å². The van der Waals surface area contributed by atoms with E-state index in [2.05, 4.69) is 13.0 Å². The van der Waals surface area contributed by atoms with Crippen molar-refractivity contribution in [3.05, 3.63) is 29.3 Å². The molecule has 0 saturated heterocycles. The summed E-state index contributed by atoms with van der Waals surface area (Å²) >= 11 is 0. The number of Topliss-reactive ketones (excluding diaryl/α,β-unsaturated/α-hetero) is 1. The fourth-order valence-corrected chi connectivity index (χ4v) is 6.41. The average molecular weight is 356 g/mol. The Balaban J connectivity index is 1.61. The zero-order valence-corrected chi connectivity index (χ0v) is 15.4. The highest BCUT2D eigenvalue weighted by Gasteiger charge is 2.58. The molecule has 4 nitrogen and oxygen atoms in total. The van der Waals surface area contributed by atoms with Gasteiger partial charge in [0.15, 0.2) is 0 Å².